The van der Waals surface area contributed by atoms with Crippen molar-refractivity contribution in [3.05, 3.63) is 53.6 Å². The number of nitrogens with zero attached hydrogens (tertiary/aromatic N) is 2. The van der Waals surface area contributed by atoms with Gasteiger partial charge in [0.05, 0.1) is 12.7 Å². The number of pyridine rings is 1. The number of rotatable bonds is 2. The van der Waals surface area contributed by atoms with E-state index in [1.807, 2.05) is 18.2 Å². The fourth-order valence-electron chi connectivity index (χ4n) is 3.51. The Kier molecular flexibility index (Phi) is 2.77. The highest BCUT2D eigenvalue weighted by Crippen LogP contribution is 2.35. The number of ether oxygens (including phenoxy) is 1. The van der Waals surface area contributed by atoms with Crippen LogP contribution in [-0.4, -0.2) is 28.4 Å². The molecule has 4 rings (SSSR count). The van der Waals surface area contributed by atoms with Crippen LogP contribution in [0.3, 0.4) is 0 Å². The van der Waals surface area contributed by atoms with E-state index in [1.54, 1.807) is 13.3 Å². The number of aromatic nitrogens is 1. The number of fused-ring (bicyclic) bond motifs is 3. The van der Waals surface area contributed by atoms with Gasteiger partial charge in [-0.1, -0.05) is 0 Å². The molecule has 106 valence electrons. The van der Waals surface area contributed by atoms with Gasteiger partial charge in [-0.05, 0) is 18.2 Å². The van der Waals surface area contributed by atoms with E-state index in [9.17, 15) is 4.39 Å². The van der Waals surface area contributed by atoms with Crippen LogP contribution in [-0.2, 0) is 6.42 Å². The molecule has 0 fully saturated rings. The van der Waals surface area contributed by atoms with Gasteiger partial charge in [-0.25, -0.2) is 4.98 Å². The standard InChI is InChI=1S/C17H16FN2O/c1-21-13-5-2-11(3-6-13)20-12-4-7-16(20)14-8-9-19-17(18)15(14)10-12/h2-3,5-6,8-9,12H,4,7,10H2,1H3/q+1/t12-/m1/s1. The molecule has 1 atom stereocenters. The van der Waals surface area contributed by atoms with E-state index in [0.717, 1.165) is 41.8 Å². The highest BCUT2D eigenvalue weighted by molar-refractivity contribution is 6.00. The molecule has 2 aromatic rings. The minimum absolute atomic E-state index is 0.314. The SMILES string of the molecule is COc1ccc([N+]2=C3CC[C@@H]2Cc2c3ccnc2F)cc1. The molecule has 4 heteroatoms. The second-order valence-corrected chi connectivity index (χ2v) is 5.54. The summed E-state index contributed by atoms with van der Waals surface area (Å²) in [5, 5.41) is 0. The maximum absolute atomic E-state index is 13.9. The molecular weight excluding hydrogens is 267 g/mol. The van der Waals surface area contributed by atoms with Crippen molar-refractivity contribution >= 4 is 11.4 Å². The topological polar surface area (TPSA) is 25.1 Å². The number of hydrogen-bond acceptors (Lipinski definition) is 2. The monoisotopic (exact) mass is 283 g/mol. The van der Waals surface area contributed by atoms with Crippen molar-refractivity contribution in [3.63, 3.8) is 0 Å². The van der Waals surface area contributed by atoms with E-state index >= 15 is 0 Å². The van der Waals surface area contributed by atoms with Gasteiger partial charge < -0.3 is 4.74 Å². The first-order chi connectivity index (χ1) is 10.3. The van der Waals surface area contributed by atoms with Gasteiger partial charge in [-0.15, -0.1) is 0 Å². The molecule has 3 nitrogen and oxygen atoms in total. The van der Waals surface area contributed by atoms with Gasteiger partial charge in [0, 0.05) is 43.2 Å². The summed E-state index contributed by atoms with van der Waals surface area (Å²) in [6.07, 6.45) is 4.35. The van der Waals surface area contributed by atoms with Crippen LogP contribution in [0.2, 0.25) is 0 Å². The summed E-state index contributed by atoms with van der Waals surface area (Å²) in [5.41, 5.74) is 4.16. The molecule has 0 amide bonds. The Morgan fingerprint density at radius 1 is 1.24 bits per heavy atom. The number of halogens is 1. The predicted octanol–water partition coefficient (Wildman–Crippen LogP) is 3.08. The molecule has 0 unspecified atom stereocenters. The fourth-order valence-corrected chi connectivity index (χ4v) is 3.51. The Balaban J connectivity index is 1.86. The predicted molar refractivity (Wildman–Crippen MR) is 77.9 cm³/mol. The lowest BCUT2D eigenvalue weighted by Crippen LogP contribution is -2.29. The molecule has 2 aliphatic rings. The van der Waals surface area contributed by atoms with Crippen LogP contribution < -0.4 is 4.74 Å². The van der Waals surface area contributed by atoms with E-state index in [2.05, 4.69) is 21.7 Å². The summed E-state index contributed by atoms with van der Waals surface area (Å²) in [7, 11) is 1.67. The van der Waals surface area contributed by atoms with Crippen LogP contribution in [0.15, 0.2) is 36.5 Å². The van der Waals surface area contributed by atoms with Gasteiger partial charge in [-0.2, -0.15) is 8.97 Å². The Morgan fingerprint density at radius 3 is 2.81 bits per heavy atom. The smallest absolute Gasteiger partial charge is 0.217 e. The van der Waals surface area contributed by atoms with Crippen molar-refractivity contribution in [3.8, 4) is 5.75 Å². The molecule has 0 radical (unpaired) electrons. The quantitative estimate of drug-likeness (QED) is 0.625. The Hall–Kier alpha value is -2.23. The van der Waals surface area contributed by atoms with Crippen molar-refractivity contribution in [2.45, 2.75) is 25.3 Å². The molecule has 3 heterocycles. The molecule has 0 saturated heterocycles. The van der Waals surface area contributed by atoms with E-state index in [-0.39, 0.29) is 5.95 Å². The van der Waals surface area contributed by atoms with Crippen molar-refractivity contribution in [1.82, 2.24) is 4.98 Å². The van der Waals surface area contributed by atoms with Gasteiger partial charge >= 0.3 is 0 Å². The Labute approximate surface area is 122 Å². The highest BCUT2D eigenvalue weighted by Gasteiger charge is 2.42. The maximum atomic E-state index is 13.9. The van der Waals surface area contributed by atoms with Gasteiger partial charge in [0.1, 0.15) is 5.75 Å². The van der Waals surface area contributed by atoms with E-state index in [4.69, 9.17) is 4.74 Å². The summed E-state index contributed by atoms with van der Waals surface area (Å²) in [6.45, 7) is 0. The van der Waals surface area contributed by atoms with Crippen molar-refractivity contribution < 1.29 is 13.7 Å². The lowest BCUT2D eigenvalue weighted by Gasteiger charge is -2.18. The molecule has 2 aliphatic heterocycles. The second kappa shape index (κ2) is 4.65. The van der Waals surface area contributed by atoms with Crippen LogP contribution in [0.1, 0.15) is 24.0 Å². The van der Waals surface area contributed by atoms with Crippen LogP contribution in [0, 0.1) is 5.95 Å². The molecular formula is C17H16FN2O+. The van der Waals surface area contributed by atoms with Gasteiger partial charge in [0.2, 0.25) is 11.6 Å². The largest absolute Gasteiger partial charge is 0.497 e. The second-order valence-electron chi connectivity index (χ2n) is 5.54. The summed E-state index contributed by atoms with van der Waals surface area (Å²) in [5.74, 6) is 0.537. The van der Waals surface area contributed by atoms with Gasteiger partial charge in [-0.3, -0.25) is 0 Å². The molecule has 0 spiro atoms. The zero-order valence-electron chi connectivity index (χ0n) is 11.8. The van der Waals surface area contributed by atoms with Gasteiger partial charge in [0.15, 0.2) is 11.8 Å². The lowest BCUT2D eigenvalue weighted by molar-refractivity contribution is -0.477. The summed E-state index contributed by atoms with van der Waals surface area (Å²) >= 11 is 0. The normalized spacial score (nSPS) is 19.6. The molecule has 21 heavy (non-hydrogen) atoms. The van der Waals surface area contributed by atoms with Crippen molar-refractivity contribution in [2.75, 3.05) is 7.11 Å². The fraction of sp³-hybridized carbons (Fsp3) is 0.294. The summed E-state index contributed by atoms with van der Waals surface area (Å²) in [6, 6.07) is 10.3. The molecule has 2 bridgehead atoms. The third kappa shape index (κ3) is 1.86. The first-order valence-corrected chi connectivity index (χ1v) is 7.21. The molecule has 1 aromatic carbocycles. The zero-order valence-corrected chi connectivity index (χ0v) is 11.8. The van der Waals surface area contributed by atoms with Crippen LogP contribution >= 0.6 is 0 Å². The lowest BCUT2D eigenvalue weighted by atomic mass is 9.98. The third-order valence-electron chi connectivity index (χ3n) is 4.47. The maximum Gasteiger partial charge on any atom is 0.217 e. The first kappa shape index (κ1) is 12.5. The van der Waals surface area contributed by atoms with Crippen molar-refractivity contribution in [1.29, 1.82) is 0 Å². The molecule has 0 saturated carbocycles. The van der Waals surface area contributed by atoms with Crippen LogP contribution in [0.4, 0.5) is 10.1 Å². The highest BCUT2D eigenvalue weighted by atomic mass is 19.1. The summed E-state index contributed by atoms with van der Waals surface area (Å²) < 4.78 is 21.5. The first-order valence-electron chi connectivity index (χ1n) is 7.21. The number of methoxy groups -OCH3 is 1. The average molecular weight is 283 g/mol. The van der Waals surface area contributed by atoms with Crippen LogP contribution in [0.25, 0.3) is 0 Å². The van der Waals surface area contributed by atoms with Crippen molar-refractivity contribution in [2.24, 2.45) is 0 Å². The Morgan fingerprint density at radius 2 is 2.05 bits per heavy atom. The minimum atomic E-state index is -0.314. The van der Waals surface area contributed by atoms with Crippen LogP contribution in [0.5, 0.6) is 5.75 Å². The zero-order chi connectivity index (χ0) is 14.4. The summed E-state index contributed by atoms with van der Waals surface area (Å²) in [4.78, 5) is 3.79. The average Bonchev–Trinajstić information content (AvgIpc) is 2.84. The molecule has 0 aliphatic carbocycles. The van der Waals surface area contributed by atoms with Gasteiger partial charge in [0.25, 0.3) is 0 Å². The van der Waals surface area contributed by atoms with E-state index < -0.39 is 0 Å². The Bertz CT molecular complexity index is 737. The minimum Gasteiger partial charge on any atom is -0.497 e. The number of hydrogen-bond donors (Lipinski definition) is 0. The molecule has 1 aromatic heterocycles. The van der Waals surface area contributed by atoms with E-state index in [0.29, 0.717) is 6.04 Å². The third-order valence-corrected chi connectivity index (χ3v) is 4.47. The van der Waals surface area contributed by atoms with E-state index in [1.165, 1.54) is 5.71 Å². The molecule has 0 N–H and O–H groups in total. The number of benzene rings is 1.